The quantitative estimate of drug-likeness (QED) is 0.889. The molecule has 3 rings (SSSR count). The third-order valence-electron chi connectivity index (χ3n) is 4.83. The van der Waals surface area contributed by atoms with Crippen molar-refractivity contribution in [2.75, 3.05) is 19.6 Å². The van der Waals surface area contributed by atoms with E-state index < -0.39 is 0 Å². The molecule has 5 nitrogen and oxygen atoms in total. The zero-order valence-corrected chi connectivity index (χ0v) is 12.8. The summed E-state index contributed by atoms with van der Waals surface area (Å²) in [6.07, 6.45) is 7.39. The lowest BCUT2D eigenvalue weighted by Crippen LogP contribution is -2.46. The van der Waals surface area contributed by atoms with Gasteiger partial charge in [0.1, 0.15) is 12.2 Å². The van der Waals surface area contributed by atoms with Crippen LogP contribution in [0.2, 0.25) is 0 Å². The Morgan fingerprint density at radius 3 is 2.85 bits per heavy atom. The van der Waals surface area contributed by atoms with E-state index in [-0.39, 0.29) is 0 Å². The fraction of sp³-hybridized carbons (Fsp3) is 0.867. The Morgan fingerprint density at radius 1 is 1.30 bits per heavy atom. The van der Waals surface area contributed by atoms with Crippen LogP contribution >= 0.6 is 0 Å². The fourth-order valence-corrected chi connectivity index (χ4v) is 3.66. The Bertz CT molecular complexity index is 433. The Kier molecular flexibility index (Phi) is 4.08. The molecule has 0 saturated heterocycles. The van der Waals surface area contributed by atoms with Crippen LogP contribution < -0.4 is 5.32 Å². The lowest BCUT2D eigenvalue weighted by atomic mass is 9.85. The van der Waals surface area contributed by atoms with Crippen LogP contribution in [0, 0.1) is 5.41 Å². The van der Waals surface area contributed by atoms with Crippen LogP contribution in [-0.2, 0) is 13.1 Å². The zero-order valence-electron chi connectivity index (χ0n) is 12.8. The van der Waals surface area contributed by atoms with E-state index in [0.717, 1.165) is 32.0 Å². The summed E-state index contributed by atoms with van der Waals surface area (Å²) < 4.78 is 2.18. The Balaban J connectivity index is 1.62. The largest absolute Gasteiger partial charge is 0.315 e. The highest BCUT2D eigenvalue weighted by atomic mass is 15.3. The number of fused-ring (bicyclic) bond motifs is 1. The van der Waals surface area contributed by atoms with Crippen LogP contribution in [0.4, 0.5) is 0 Å². The van der Waals surface area contributed by atoms with E-state index in [4.69, 9.17) is 0 Å². The molecule has 0 radical (unpaired) electrons. The molecule has 112 valence electrons. The first-order chi connectivity index (χ1) is 9.67. The summed E-state index contributed by atoms with van der Waals surface area (Å²) in [5.74, 6) is 1.13. The average molecular weight is 277 g/mol. The summed E-state index contributed by atoms with van der Waals surface area (Å²) in [6, 6.07) is 0.580. The molecular formula is C15H27N5. The maximum atomic E-state index is 4.23. The van der Waals surface area contributed by atoms with Gasteiger partial charge in [0.15, 0.2) is 0 Å². The lowest BCUT2D eigenvalue weighted by Gasteiger charge is -2.37. The molecule has 1 aliphatic carbocycles. The number of rotatable bonds is 5. The molecule has 0 aromatic carbocycles. The molecular weight excluding hydrogens is 250 g/mol. The van der Waals surface area contributed by atoms with E-state index in [1.54, 1.807) is 0 Å². The van der Waals surface area contributed by atoms with Crippen molar-refractivity contribution in [2.24, 2.45) is 5.41 Å². The predicted molar refractivity (Wildman–Crippen MR) is 79.3 cm³/mol. The topological polar surface area (TPSA) is 46.0 Å². The summed E-state index contributed by atoms with van der Waals surface area (Å²) in [5.41, 5.74) is 0.479. The monoisotopic (exact) mass is 277 g/mol. The van der Waals surface area contributed by atoms with E-state index >= 15 is 0 Å². The highest BCUT2D eigenvalue weighted by Gasteiger charge is 2.36. The van der Waals surface area contributed by atoms with Gasteiger partial charge >= 0.3 is 0 Å². The first kappa shape index (κ1) is 14.0. The Morgan fingerprint density at radius 2 is 2.10 bits per heavy atom. The first-order valence-electron chi connectivity index (χ1n) is 7.99. The normalized spacial score (nSPS) is 22.4. The second kappa shape index (κ2) is 5.82. The summed E-state index contributed by atoms with van der Waals surface area (Å²) in [7, 11) is 0. The zero-order chi connectivity index (χ0) is 14.0. The fourth-order valence-electron chi connectivity index (χ4n) is 3.66. The van der Waals surface area contributed by atoms with Gasteiger partial charge in [-0.2, -0.15) is 0 Å². The van der Waals surface area contributed by atoms with Gasteiger partial charge in [-0.1, -0.05) is 26.7 Å². The van der Waals surface area contributed by atoms with Crippen molar-refractivity contribution in [2.45, 2.75) is 58.7 Å². The van der Waals surface area contributed by atoms with E-state index in [2.05, 4.69) is 38.8 Å². The van der Waals surface area contributed by atoms with Crippen molar-refractivity contribution in [1.82, 2.24) is 25.0 Å². The molecule has 0 spiro atoms. The van der Waals surface area contributed by atoms with Crippen molar-refractivity contribution in [3.8, 4) is 0 Å². The van der Waals surface area contributed by atoms with E-state index in [1.165, 1.54) is 32.2 Å². The van der Waals surface area contributed by atoms with Crippen molar-refractivity contribution >= 4 is 0 Å². The lowest BCUT2D eigenvalue weighted by molar-refractivity contribution is 0.120. The first-order valence-corrected chi connectivity index (χ1v) is 7.99. The molecule has 1 N–H and O–H groups in total. The minimum Gasteiger partial charge on any atom is -0.315 e. The van der Waals surface area contributed by atoms with Crippen LogP contribution in [-0.4, -0.2) is 45.3 Å². The van der Waals surface area contributed by atoms with Gasteiger partial charge in [0.05, 0.1) is 6.54 Å². The van der Waals surface area contributed by atoms with Crippen LogP contribution in [0.5, 0.6) is 0 Å². The standard InChI is InChI=1S/C15H27N5/c1-13(2)16-10-15(5-3-4-6-15)11-19-7-8-20-12-17-18-14(20)9-19/h12-13,16H,3-11H2,1-2H3. The molecule has 2 heterocycles. The van der Waals surface area contributed by atoms with Gasteiger partial charge in [0.2, 0.25) is 0 Å². The Hall–Kier alpha value is -0.940. The van der Waals surface area contributed by atoms with Gasteiger partial charge in [0, 0.05) is 32.2 Å². The van der Waals surface area contributed by atoms with Gasteiger partial charge in [-0.25, -0.2) is 0 Å². The summed E-state index contributed by atoms with van der Waals surface area (Å²) in [5, 5.41) is 11.9. The molecule has 1 fully saturated rings. The highest BCUT2D eigenvalue weighted by Crippen LogP contribution is 2.38. The van der Waals surface area contributed by atoms with Gasteiger partial charge in [0.25, 0.3) is 0 Å². The van der Waals surface area contributed by atoms with Gasteiger partial charge in [-0.15, -0.1) is 10.2 Å². The third-order valence-corrected chi connectivity index (χ3v) is 4.83. The molecule has 1 aliphatic heterocycles. The maximum Gasteiger partial charge on any atom is 0.147 e. The smallest absolute Gasteiger partial charge is 0.147 e. The highest BCUT2D eigenvalue weighted by molar-refractivity contribution is 4.94. The summed E-state index contributed by atoms with van der Waals surface area (Å²) >= 11 is 0. The molecule has 0 atom stereocenters. The van der Waals surface area contributed by atoms with Crippen LogP contribution in [0.1, 0.15) is 45.4 Å². The number of hydrogen-bond donors (Lipinski definition) is 1. The number of nitrogens with zero attached hydrogens (tertiary/aromatic N) is 4. The van der Waals surface area contributed by atoms with Crippen molar-refractivity contribution in [3.05, 3.63) is 12.2 Å². The second-order valence-corrected chi connectivity index (χ2v) is 6.89. The van der Waals surface area contributed by atoms with Gasteiger partial charge in [-0.3, -0.25) is 4.90 Å². The summed E-state index contributed by atoms with van der Waals surface area (Å²) in [6.45, 7) is 9.99. The van der Waals surface area contributed by atoms with Crippen LogP contribution in [0.3, 0.4) is 0 Å². The van der Waals surface area contributed by atoms with E-state index in [9.17, 15) is 0 Å². The molecule has 1 aromatic heterocycles. The minimum absolute atomic E-state index is 0.479. The van der Waals surface area contributed by atoms with E-state index in [0.29, 0.717) is 11.5 Å². The number of nitrogens with one attached hydrogen (secondary N) is 1. The molecule has 20 heavy (non-hydrogen) atoms. The molecule has 0 unspecified atom stereocenters. The van der Waals surface area contributed by atoms with Gasteiger partial charge in [-0.05, 0) is 18.3 Å². The summed E-state index contributed by atoms with van der Waals surface area (Å²) in [4.78, 5) is 2.58. The van der Waals surface area contributed by atoms with Crippen LogP contribution in [0.15, 0.2) is 6.33 Å². The van der Waals surface area contributed by atoms with Crippen molar-refractivity contribution in [3.63, 3.8) is 0 Å². The molecule has 5 heteroatoms. The minimum atomic E-state index is 0.479. The number of aromatic nitrogens is 3. The molecule has 1 saturated carbocycles. The van der Waals surface area contributed by atoms with E-state index in [1.807, 2.05) is 6.33 Å². The van der Waals surface area contributed by atoms with Crippen LogP contribution in [0.25, 0.3) is 0 Å². The third kappa shape index (κ3) is 3.04. The average Bonchev–Trinajstić information content (AvgIpc) is 3.05. The SMILES string of the molecule is CC(C)NCC1(CN2CCn3cnnc3C2)CCCC1. The Labute approximate surface area is 121 Å². The molecule has 1 aromatic rings. The second-order valence-electron chi connectivity index (χ2n) is 6.89. The predicted octanol–water partition coefficient (Wildman–Crippen LogP) is 1.65. The molecule has 0 amide bonds. The molecule has 2 aliphatic rings. The van der Waals surface area contributed by atoms with Crippen molar-refractivity contribution in [1.29, 1.82) is 0 Å². The maximum absolute atomic E-state index is 4.23. The number of hydrogen-bond acceptors (Lipinski definition) is 4. The van der Waals surface area contributed by atoms with Crippen molar-refractivity contribution < 1.29 is 0 Å². The van der Waals surface area contributed by atoms with Gasteiger partial charge < -0.3 is 9.88 Å². The molecule has 0 bridgehead atoms.